The van der Waals surface area contributed by atoms with Crippen molar-refractivity contribution >= 4 is 34.4 Å². The fourth-order valence-corrected chi connectivity index (χ4v) is 4.89. The van der Waals surface area contributed by atoms with E-state index in [2.05, 4.69) is 21.4 Å². The second-order valence-corrected chi connectivity index (χ2v) is 9.32. The number of pyridine rings is 2. The standard InChI is InChI=1S/C28H27N7O2/c1-2-24(36)33-23-9-8-17(15-31-23)18-14-20-21(30-16-18)10-11-29-26(20)27-32-22-7-5-6-19(25(22)34-27)28(37)35-12-3-4-13-35/h5-9,14-16H,2-4,10-13H2,1H3,(H,32,34)(H,31,33,36). The molecule has 186 valence electrons. The van der Waals surface area contributed by atoms with Crippen molar-refractivity contribution in [2.75, 3.05) is 25.0 Å². The zero-order valence-corrected chi connectivity index (χ0v) is 20.6. The highest BCUT2D eigenvalue weighted by Crippen LogP contribution is 2.27. The third kappa shape index (κ3) is 4.37. The molecular formula is C28H27N7O2. The number of hydrogen-bond acceptors (Lipinski definition) is 6. The predicted molar refractivity (Wildman–Crippen MR) is 142 cm³/mol. The number of para-hydroxylation sites is 1. The summed E-state index contributed by atoms with van der Waals surface area (Å²) in [4.78, 5) is 48.9. The van der Waals surface area contributed by atoms with E-state index in [1.807, 2.05) is 35.4 Å². The number of hydrogen-bond donors (Lipinski definition) is 2. The summed E-state index contributed by atoms with van der Waals surface area (Å²) in [6.45, 7) is 4.01. The van der Waals surface area contributed by atoms with Crippen LogP contribution < -0.4 is 5.32 Å². The maximum atomic E-state index is 13.1. The number of imidazole rings is 1. The van der Waals surface area contributed by atoms with Crippen LogP contribution in [0.1, 0.15) is 53.6 Å². The molecule has 37 heavy (non-hydrogen) atoms. The van der Waals surface area contributed by atoms with Crippen molar-refractivity contribution in [3.05, 3.63) is 71.4 Å². The van der Waals surface area contributed by atoms with Crippen LogP contribution >= 0.6 is 0 Å². The fourth-order valence-electron chi connectivity index (χ4n) is 4.89. The Morgan fingerprint density at radius 1 is 1.05 bits per heavy atom. The summed E-state index contributed by atoms with van der Waals surface area (Å²) in [6.07, 6.45) is 6.80. The van der Waals surface area contributed by atoms with E-state index in [1.54, 1.807) is 19.2 Å². The lowest BCUT2D eigenvalue weighted by molar-refractivity contribution is -0.115. The van der Waals surface area contributed by atoms with Crippen LogP contribution in [0.4, 0.5) is 5.82 Å². The molecule has 0 saturated carbocycles. The lowest BCUT2D eigenvalue weighted by atomic mass is 9.98. The Labute approximate surface area is 214 Å². The summed E-state index contributed by atoms with van der Waals surface area (Å²) in [7, 11) is 0. The number of carbonyl (C=O) groups excluding carboxylic acids is 2. The van der Waals surface area contributed by atoms with Gasteiger partial charge in [0.2, 0.25) is 5.91 Å². The number of amides is 2. The number of anilines is 1. The number of carbonyl (C=O) groups is 2. The van der Waals surface area contributed by atoms with Crippen molar-refractivity contribution in [3.63, 3.8) is 0 Å². The van der Waals surface area contributed by atoms with Crippen LogP contribution in [0.5, 0.6) is 0 Å². The van der Waals surface area contributed by atoms with Crippen molar-refractivity contribution in [2.24, 2.45) is 4.99 Å². The van der Waals surface area contributed by atoms with Gasteiger partial charge >= 0.3 is 0 Å². The zero-order valence-electron chi connectivity index (χ0n) is 20.6. The molecule has 0 spiro atoms. The largest absolute Gasteiger partial charge is 0.339 e. The first-order chi connectivity index (χ1) is 18.1. The number of likely N-dealkylation sites (tertiary alicyclic amines) is 1. The summed E-state index contributed by atoms with van der Waals surface area (Å²) in [5, 5.41) is 2.77. The number of aromatic amines is 1. The minimum atomic E-state index is -0.0762. The van der Waals surface area contributed by atoms with Gasteiger partial charge in [0.05, 0.1) is 16.8 Å². The lowest BCUT2D eigenvalue weighted by Gasteiger charge is -2.16. The van der Waals surface area contributed by atoms with Crippen LogP contribution in [0.2, 0.25) is 0 Å². The van der Waals surface area contributed by atoms with Crippen LogP contribution in [0.15, 0.2) is 53.8 Å². The zero-order chi connectivity index (χ0) is 25.4. The van der Waals surface area contributed by atoms with Gasteiger partial charge in [-0.15, -0.1) is 0 Å². The molecule has 1 fully saturated rings. The summed E-state index contributed by atoms with van der Waals surface area (Å²) in [5.74, 6) is 1.10. The first kappa shape index (κ1) is 23.0. The number of benzene rings is 1. The SMILES string of the molecule is CCC(=O)Nc1ccc(-c2cnc3c(c2)C(c2nc4c(C(=O)N5CCCC5)cccc4[nH]2)=NCC3)cn1. The summed E-state index contributed by atoms with van der Waals surface area (Å²) in [5.41, 5.74) is 6.50. The van der Waals surface area contributed by atoms with Crippen LogP contribution in [0.25, 0.3) is 22.2 Å². The molecule has 2 amide bonds. The van der Waals surface area contributed by atoms with Crippen molar-refractivity contribution < 1.29 is 9.59 Å². The number of aliphatic imine (C=N–C) groups is 1. The van der Waals surface area contributed by atoms with Gasteiger partial charge in [-0.05, 0) is 43.2 Å². The molecule has 2 aliphatic heterocycles. The maximum absolute atomic E-state index is 13.1. The molecule has 0 atom stereocenters. The van der Waals surface area contributed by atoms with Gasteiger partial charge in [-0.3, -0.25) is 19.6 Å². The van der Waals surface area contributed by atoms with Crippen LogP contribution in [0, 0.1) is 0 Å². The minimum Gasteiger partial charge on any atom is -0.339 e. The van der Waals surface area contributed by atoms with Crippen LogP contribution in [-0.2, 0) is 11.2 Å². The van der Waals surface area contributed by atoms with Gasteiger partial charge in [-0.1, -0.05) is 13.0 Å². The van der Waals surface area contributed by atoms with Gasteiger partial charge in [0.25, 0.3) is 5.91 Å². The second-order valence-electron chi connectivity index (χ2n) is 9.32. The Morgan fingerprint density at radius 3 is 2.68 bits per heavy atom. The Kier molecular flexibility index (Phi) is 5.96. The van der Waals surface area contributed by atoms with Crippen molar-refractivity contribution in [1.82, 2.24) is 24.8 Å². The Bertz CT molecular complexity index is 1530. The number of aromatic nitrogens is 4. The molecule has 9 heteroatoms. The van der Waals surface area contributed by atoms with Crippen molar-refractivity contribution in [3.8, 4) is 11.1 Å². The fraction of sp³-hybridized carbons (Fsp3) is 0.286. The number of fused-ring (bicyclic) bond motifs is 2. The first-order valence-electron chi connectivity index (χ1n) is 12.7. The van der Waals surface area contributed by atoms with Gasteiger partial charge in [0.1, 0.15) is 17.0 Å². The van der Waals surface area contributed by atoms with Gasteiger partial charge in [-0.2, -0.15) is 0 Å². The van der Waals surface area contributed by atoms with E-state index in [0.717, 1.165) is 66.0 Å². The number of H-pyrrole nitrogens is 1. The normalized spacial score (nSPS) is 14.9. The molecule has 0 unspecified atom stereocenters. The van der Waals surface area contributed by atoms with Crippen molar-refractivity contribution in [1.29, 1.82) is 0 Å². The van der Waals surface area contributed by atoms with E-state index in [-0.39, 0.29) is 11.8 Å². The van der Waals surface area contributed by atoms with E-state index in [9.17, 15) is 9.59 Å². The molecule has 0 aliphatic carbocycles. The second kappa shape index (κ2) is 9.57. The molecule has 5 heterocycles. The quantitative estimate of drug-likeness (QED) is 0.436. The monoisotopic (exact) mass is 493 g/mol. The maximum Gasteiger partial charge on any atom is 0.256 e. The number of nitrogens with one attached hydrogen (secondary N) is 2. The molecule has 0 bridgehead atoms. The smallest absolute Gasteiger partial charge is 0.256 e. The Balaban J connectivity index is 1.34. The van der Waals surface area contributed by atoms with E-state index in [0.29, 0.717) is 35.7 Å². The van der Waals surface area contributed by atoms with Gasteiger partial charge in [-0.25, -0.2) is 9.97 Å². The topological polar surface area (TPSA) is 116 Å². The molecule has 4 aromatic rings. The first-order valence-corrected chi connectivity index (χ1v) is 12.7. The Morgan fingerprint density at radius 2 is 1.89 bits per heavy atom. The molecule has 2 aliphatic rings. The highest BCUT2D eigenvalue weighted by atomic mass is 16.2. The third-order valence-electron chi connectivity index (χ3n) is 6.89. The molecular weight excluding hydrogens is 466 g/mol. The molecule has 6 rings (SSSR count). The van der Waals surface area contributed by atoms with E-state index < -0.39 is 0 Å². The number of nitrogens with zero attached hydrogens (tertiary/aromatic N) is 5. The number of rotatable bonds is 5. The van der Waals surface area contributed by atoms with Crippen molar-refractivity contribution in [2.45, 2.75) is 32.6 Å². The molecule has 2 N–H and O–H groups in total. The average molecular weight is 494 g/mol. The highest BCUT2D eigenvalue weighted by molar-refractivity contribution is 6.14. The van der Waals surface area contributed by atoms with Crippen LogP contribution in [-0.4, -0.2) is 62.0 Å². The summed E-state index contributed by atoms with van der Waals surface area (Å²) < 4.78 is 0. The third-order valence-corrected chi connectivity index (χ3v) is 6.89. The van der Waals surface area contributed by atoms with E-state index >= 15 is 0 Å². The summed E-state index contributed by atoms with van der Waals surface area (Å²) >= 11 is 0. The predicted octanol–water partition coefficient (Wildman–Crippen LogP) is 4.00. The van der Waals surface area contributed by atoms with Gasteiger partial charge in [0, 0.05) is 61.6 Å². The Hall–Kier alpha value is -4.40. The van der Waals surface area contributed by atoms with Gasteiger partial charge in [0.15, 0.2) is 5.82 Å². The molecule has 1 saturated heterocycles. The molecule has 1 aromatic carbocycles. The average Bonchev–Trinajstić information content (AvgIpc) is 3.63. The van der Waals surface area contributed by atoms with E-state index in [1.165, 1.54) is 0 Å². The highest BCUT2D eigenvalue weighted by Gasteiger charge is 2.25. The molecule has 0 radical (unpaired) electrons. The lowest BCUT2D eigenvalue weighted by Crippen LogP contribution is -2.27. The van der Waals surface area contributed by atoms with Crippen LogP contribution in [0.3, 0.4) is 0 Å². The van der Waals surface area contributed by atoms with Gasteiger partial charge < -0.3 is 15.2 Å². The summed E-state index contributed by atoms with van der Waals surface area (Å²) in [6, 6.07) is 11.4. The minimum absolute atomic E-state index is 0.0298. The van der Waals surface area contributed by atoms with E-state index in [4.69, 9.17) is 15.0 Å². The molecule has 3 aromatic heterocycles. The molecule has 9 nitrogen and oxygen atoms in total.